The van der Waals surface area contributed by atoms with Crippen LogP contribution >= 0.6 is 0 Å². The fourth-order valence-electron chi connectivity index (χ4n) is 0.707. The maximum atomic E-state index is 10.1. The normalized spacial score (nSPS) is 12.8. The van der Waals surface area contributed by atoms with E-state index in [0.717, 1.165) is 0 Å². The van der Waals surface area contributed by atoms with E-state index in [-0.39, 0.29) is 6.42 Å². The van der Waals surface area contributed by atoms with E-state index >= 15 is 0 Å². The van der Waals surface area contributed by atoms with Crippen LogP contribution in [0, 0.1) is 0 Å². The van der Waals surface area contributed by atoms with Crippen LogP contribution in [-0.2, 0) is 11.2 Å². The van der Waals surface area contributed by atoms with Gasteiger partial charge in [0.05, 0.1) is 6.26 Å². The number of carbonyl (C=O) groups is 1. The van der Waals surface area contributed by atoms with E-state index in [9.17, 15) is 4.79 Å². The van der Waals surface area contributed by atoms with Gasteiger partial charge in [-0.2, -0.15) is 0 Å². The summed E-state index contributed by atoms with van der Waals surface area (Å²) in [6.45, 7) is 0. The van der Waals surface area contributed by atoms with Gasteiger partial charge < -0.3 is 14.6 Å². The van der Waals surface area contributed by atoms with Crippen LogP contribution in [0.3, 0.4) is 0 Å². The van der Waals surface area contributed by atoms with Crippen molar-refractivity contribution >= 4 is 5.97 Å². The second kappa shape index (κ2) is 3.21. The zero-order valence-electron chi connectivity index (χ0n) is 5.73. The Balaban J connectivity index is 2.50. The molecule has 60 valence electrons. The first-order valence-corrected chi connectivity index (χ1v) is 3.13. The van der Waals surface area contributed by atoms with Gasteiger partial charge in [0.2, 0.25) is 0 Å². The Morgan fingerprint density at radius 3 is 2.91 bits per heavy atom. The van der Waals surface area contributed by atoms with E-state index in [4.69, 9.17) is 14.6 Å². The summed E-state index contributed by atoms with van der Waals surface area (Å²) in [7, 11) is 0. The number of aliphatic hydroxyl groups excluding tert-OH is 1. The van der Waals surface area contributed by atoms with Crippen molar-refractivity contribution in [1.29, 1.82) is 0 Å². The maximum absolute atomic E-state index is 10.1. The molecule has 2 N–H and O–H groups in total. The lowest BCUT2D eigenvalue weighted by Gasteiger charge is -2.00. The average Bonchev–Trinajstić information content (AvgIpc) is 2.39. The summed E-state index contributed by atoms with van der Waals surface area (Å²) < 4.78 is 4.83. The van der Waals surface area contributed by atoms with Gasteiger partial charge in [0.1, 0.15) is 5.76 Å². The van der Waals surface area contributed by atoms with Crippen molar-refractivity contribution < 1.29 is 19.4 Å². The molecule has 0 aliphatic carbocycles. The summed E-state index contributed by atoms with van der Waals surface area (Å²) in [5.41, 5.74) is 0. The smallest absolute Gasteiger partial charge is 0.332 e. The molecule has 0 saturated heterocycles. The summed E-state index contributed by atoms with van der Waals surface area (Å²) in [5.74, 6) is -0.763. The van der Waals surface area contributed by atoms with Crippen LogP contribution in [0.5, 0.6) is 0 Å². The third-order valence-corrected chi connectivity index (χ3v) is 1.26. The van der Waals surface area contributed by atoms with Gasteiger partial charge in [-0.05, 0) is 12.1 Å². The first-order valence-electron chi connectivity index (χ1n) is 3.13. The van der Waals surface area contributed by atoms with Crippen LogP contribution in [0.2, 0.25) is 0 Å². The summed E-state index contributed by atoms with van der Waals surface area (Å²) in [6, 6.07) is 3.26. The van der Waals surface area contributed by atoms with Crippen molar-refractivity contribution in [2.24, 2.45) is 0 Å². The fraction of sp³-hybridized carbons (Fsp3) is 0.286. The Bertz CT molecular complexity index is 227. The first-order chi connectivity index (χ1) is 5.20. The minimum Gasteiger partial charge on any atom is -0.479 e. The number of aliphatic carboxylic acids is 1. The molecule has 1 aromatic rings. The molecule has 1 aromatic heterocycles. The van der Waals surface area contributed by atoms with E-state index in [2.05, 4.69) is 0 Å². The zero-order chi connectivity index (χ0) is 8.27. The summed E-state index contributed by atoms with van der Waals surface area (Å²) in [5, 5.41) is 17.1. The molecule has 0 aliphatic rings. The molecule has 4 nitrogen and oxygen atoms in total. The molecule has 0 aliphatic heterocycles. The van der Waals surface area contributed by atoms with Crippen LogP contribution in [0.1, 0.15) is 5.76 Å². The van der Waals surface area contributed by atoms with Crippen molar-refractivity contribution in [3.8, 4) is 0 Å². The number of hydrogen-bond acceptors (Lipinski definition) is 3. The standard InChI is InChI=1S/C7H8O4/c8-6(7(9)10)4-5-2-1-3-11-5/h1-3,6,8H,4H2,(H,9,10)/t6-/m0/s1. The van der Waals surface area contributed by atoms with E-state index in [1.807, 2.05) is 0 Å². The van der Waals surface area contributed by atoms with Crippen LogP contribution < -0.4 is 0 Å². The molecule has 0 radical (unpaired) electrons. The Morgan fingerprint density at radius 1 is 1.73 bits per heavy atom. The highest BCUT2D eigenvalue weighted by Gasteiger charge is 2.14. The van der Waals surface area contributed by atoms with Crippen molar-refractivity contribution in [3.05, 3.63) is 24.2 Å². The van der Waals surface area contributed by atoms with Gasteiger partial charge in [-0.3, -0.25) is 0 Å². The minimum absolute atomic E-state index is 0.0162. The molecule has 0 saturated carbocycles. The molecule has 0 amide bonds. The van der Waals surface area contributed by atoms with Crippen molar-refractivity contribution in [3.63, 3.8) is 0 Å². The Morgan fingerprint density at radius 2 is 2.45 bits per heavy atom. The molecule has 0 bridgehead atoms. The summed E-state index contributed by atoms with van der Waals surface area (Å²) in [4.78, 5) is 10.1. The first kappa shape index (κ1) is 7.81. The molecule has 0 unspecified atom stereocenters. The van der Waals surface area contributed by atoms with Crippen molar-refractivity contribution in [2.75, 3.05) is 0 Å². The number of aliphatic hydroxyl groups is 1. The second-order valence-electron chi connectivity index (χ2n) is 2.14. The number of hydrogen-bond donors (Lipinski definition) is 2. The SMILES string of the molecule is O=C(O)[C@@H](O)Cc1ccco1. The minimum atomic E-state index is -1.37. The molecule has 0 spiro atoms. The Labute approximate surface area is 63.1 Å². The van der Waals surface area contributed by atoms with Crippen LogP contribution in [0.15, 0.2) is 22.8 Å². The van der Waals surface area contributed by atoms with E-state index in [1.165, 1.54) is 6.26 Å². The topological polar surface area (TPSA) is 70.7 Å². The van der Waals surface area contributed by atoms with Crippen molar-refractivity contribution in [2.45, 2.75) is 12.5 Å². The Kier molecular flexibility index (Phi) is 2.28. The highest BCUT2D eigenvalue weighted by molar-refractivity contribution is 5.72. The average molecular weight is 156 g/mol. The molecule has 1 rings (SSSR count). The third kappa shape index (κ3) is 2.09. The highest BCUT2D eigenvalue weighted by Crippen LogP contribution is 2.03. The van der Waals surface area contributed by atoms with Gasteiger partial charge in [0.25, 0.3) is 0 Å². The van der Waals surface area contributed by atoms with Gasteiger partial charge in [0, 0.05) is 6.42 Å². The van der Waals surface area contributed by atoms with E-state index in [1.54, 1.807) is 12.1 Å². The highest BCUT2D eigenvalue weighted by atomic mass is 16.4. The number of carboxylic acid groups (broad SMARTS) is 1. The molecule has 11 heavy (non-hydrogen) atoms. The van der Waals surface area contributed by atoms with Crippen LogP contribution in [0.25, 0.3) is 0 Å². The summed E-state index contributed by atoms with van der Waals surface area (Å²) >= 11 is 0. The molecule has 4 heteroatoms. The predicted molar refractivity (Wildman–Crippen MR) is 36.1 cm³/mol. The zero-order valence-corrected chi connectivity index (χ0v) is 5.73. The second-order valence-corrected chi connectivity index (χ2v) is 2.14. The lowest BCUT2D eigenvalue weighted by molar-refractivity contribution is -0.146. The van der Waals surface area contributed by atoms with Gasteiger partial charge in [0.15, 0.2) is 6.10 Å². The predicted octanol–water partition coefficient (Wildman–Crippen LogP) is 0.268. The van der Waals surface area contributed by atoms with Crippen molar-refractivity contribution in [1.82, 2.24) is 0 Å². The summed E-state index contributed by atoms with van der Waals surface area (Å²) in [6.07, 6.45) is 0.0767. The fourth-order valence-corrected chi connectivity index (χ4v) is 0.707. The Hall–Kier alpha value is -1.29. The quantitative estimate of drug-likeness (QED) is 0.658. The van der Waals surface area contributed by atoms with Crippen LogP contribution in [-0.4, -0.2) is 22.3 Å². The monoisotopic (exact) mass is 156 g/mol. The third-order valence-electron chi connectivity index (χ3n) is 1.26. The van der Waals surface area contributed by atoms with Crippen LogP contribution in [0.4, 0.5) is 0 Å². The lowest BCUT2D eigenvalue weighted by Crippen LogP contribution is -2.21. The lowest BCUT2D eigenvalue weighted by atomic mass is 10.2. The molecule has 1 atom stereocenters. The number of furan rings is 1. The molecule has 1 heterocycles. The largest absolute Gasteiger partial charge is 0.479 e. The van der Waals surface area contributed by atoms with E-state index in [0.29, 0.717) is 5.76 Å². The van der Waals surface area contributed by atoms with Gasteiger partial charge in [-0.1, -0.05) is 0 Å². The molecular formula is C7H8O4. The van der Waals surface area contributed by atoms with Gasteiger partial charge in [-0.15, -0.1) is 0 Å². The van der Waals surface area contributed by atoms with Gasteiger partial charge >= 0.3 is 5.97 Å². The van der Waals surface area contributed by atoms with Gasteiger partial charge in [-0.25, -0.2) is 4.79 Å². The number of carboxylic acids is 1. The molecular weight excluding hydrogens is 148 g/mol. The number of rotatable bonds is 3. The molecule has 0 fully saturated rings. The maximum Gasteiger partial charge on any atom is 0.332 e. The van der Waals surface area contributed by atoms with E-state index < -0.39 is 12.1 Å². The molecule has 0 aromatic carbocycles.